The number of aromatic nitrogens is 1. The van der Waals surface area contributed by atoms with Crippen LogP contribution in [0.1, 0.15) is 5.56 Å². The standard InChI is InChI=1S/C6H6N.BrH.Mg/c1-6-3-2-4-7-5-6;;/h2-4H,1H3;1H;/q;;+1/p-1. The van der Waals surface area contributed by atoms with Gasteiger partial charge in [0, 0.05) is 0 Å². The molecule has 0 saturated heterocycles. The van der Waals surface area contributed by atoms with E-state index in [0.717, 1.165) is 3.82 Å². The molecule has 1 heterocycles. The fourth-order valence-corrected chi connectivity index (χ4v) is 0.742. The first kappa shape index (κ1) is 9.40. The largest absolute Gasteiger partial charge is 1.00 e. The van der Waals surface area contributed by atoms with E-state index in [4.69, 9.17) is 0 Å². The SMILES string of the molecule is Cc1cccn[c]1[Mg+].[Br-]. The molecule has 0 bridgehead atoms. The molecule has 0 unspecified atom stereocenters. The van der Waals surface area contributed by atoms with Crippen molar-refractivity contribution in [3.8, 4) is 0 Å². The van der Waals surface area contributed by atoms with Crippen LogP contribution in [-0.4, -0.2) is 26.7 Å². The van der Waals surface area contributed by atoms with Crippen molar-refractivity contribution in [3.63, 3.8) is 0 Å². The summed E-state index contributed by atoms with van der Waals surface area (Å²) in [5.74, 6) is 0. The Bertz CT molecular complexity index is 169. The predicted molar refractivity (Wildman–Crippen MR) is 34.4 cm³/mol. The minimum absolute atomic E-state index is 0. The topological polar surface area (TPSA) is 12.9 Å². The van der Waals surface area contributed by atoms with Crippen molar-refractivity contribution >= 4 is 25.5 Å². The number of rotatable bonds is 0. The summed E-state index contributed by atoms with van der Waals surface area (Å²) in [5, 5.41) is 0. The maximum atomic E-state index is 4.09. The summed E-state index contributed by atoms with van der Waals surface area (Å²) in [5.41, 5.74) is 1.27. The molecular weight excluding hydrogens is 190 g/mol. The molecule has 1 aromatic rings. The number of hydrogen-bond acceptors (Lipinski definition) is 1. The van der Waals surface area contributed by atoms with Gasteiger partial charge in [0.2, 0.25) is 0 Å². The number of halogens is 1. The number of nitrogens with zero attached hydrogens (tertiary/aromatic N) is 1. The van der Waals surface area contributed by atoms with E-state index < -0.39 is 0 Å². The van der Waals surface area contributed by atoms with Gasteiger partial charge in [0.15, 0.2) is 0 Å². The van der Waals surface area contributed by atoms with Gasteiger partial charge in [-0.1, -0.05) is 0 Å². The molecule has 0 amide bonds. The normalized spacial score (nSPS) is 8.33. The maximum absolute atomic E-state index is 4.09. The van der Waals surface area contributed by atoms with Crippen molar-refractivity contribution in [2.45, 2.75) is 6.92 Å². The number of aryl methyl sites for hydroxylation is 1. The van der Waals surface area contributed by atoms with Gasteiger partial charge in [-0.05, 0) is 0 Å². The maximum Gasteiger partial charge on any atom is -1.00 e. The Hall–Kier alpha value is 0.396. The van der Waals surface area contributed by atoms with Crippen molar-refractivity contribution < 1.29 is 17.0 Å². The van der Waals surface area contributed by atoms with Gasteiger partial charge in [-0.15, -0.1) is 0 Å². The Morgan fingerprint density at radius 1 is 1.56 bits per heavy atom. The molecule has 1 aromatic heterocycles. The van der Waals surface area contributed by atoms with Gasteiger partial charge in [-0.2, -0.15) is 0 Å². The van der Waals surface area contributed by atoms with E-state index in [2.05, 4.69) is 18.0 Å². The molecule has 44 valence electrons. The first-order chi connectivity index (χ1) is 3.80. The molecule has 0 N–H and O–H groups in total. The first-order valence-electron chi connectivity index (χ1n) is 2.54. The quantitative estimate of drug-likeness (QED) is 0.408. The van der Waals surface area contributed by atoms with Gasteiger partial charge in [-0.3, -0.25) is 0 Å². The summed E-state index contributed by atoms with van der Waals surface area (Å²) < 4.78 is 1.15. The molecule has 0 aliphatic heterocycles. The zero-order valence-electron chi connectivity index (χ0n) is 5.26. The Kier molecular flexibility index (Phi) is 4.44. The molecule has 3 heteroatoms. The van der Waals surface area contributed by atoms with Crippen LogP contribution >= 0.6 is 0 Å². The third-order valence-electron chi connectivity index (χ3n) is 1.12. The molecule has 0 radical (unpaired) electrons. The van der Waals surface area contributed by atoms with E-state index >= 15 is 0 Å². The van der Waals surface area contributed by atoms with Crippen molar-refractivity contribution in [1.29, 1.82) is 0 Å². The Balaban J connectivity index is 0.000000640. The van der Waals surface area contributed by atoms with E-state index in [9.17, 15) is 0 Å². The zero-order chi connectivity index (χ0) is 5.98. The molecule has 0 atom stereocenters. The van der Waals surface area contributed by atoms with Crippen molar-refractivity contribution in [1.82, 2.24) is 4.98 Å². The summed E-state index contributed by atoms with van der Waals surface area (Å²) >= 11 is 1.82. The minimum atomic E-state index is 0. The fourth-order valence-electron chi connectivity index (χ4n) is 0.518. The van der Waals surface area contributed by atoms with Crippen LogP contribution in [0.2, 0.25) is 0 Å². The van der Waals surface area contributed by atoms with Gasteiger partial charge in [0.1, 0.15) is 0 Å². The van der Waals surface area contributed by atoms with Crippen LogP contribution in [0.4, 0.5) is 0 Å². The molecule has 0 fully saturated rings. The predicted octanol–water partition coefficient (Wildman–Crippen LogP) is -2.81. The molecule has 0 aromatic carbocycles. The van der Waals surface area contributed by atoms with E-state index in [-0.39, 0.29) is 17.0 Å². The second-order valence-corrected chi connectivity index (χ2v) is 2.44. The van der Waals surface area contributed by atoms with E-state index in [0.29, 0.717) is 0 Å². The summed E-state index contributed by atoms with van der Waals surface area (Å²) in [6.45, 7) is 2.06. The van der Waals surface area contributed by atoms with Gasteiger partial charge in [0.25, 0.3) is 0 Å². The second-order valence-electron chi connectivity index (χ2n) is 1.77. The van der Waals surface area contributed by atoms with Gasteiger partial charge < -0.3 is 17.0 Å². The van der Waals surface area contributed by atoms with Gasteiger partial charge >= 0.3 is 61.3 Å². The molecule has 9 heavy (non-hydrogen) atoms. The van der Waals surface area contributed by atoms with Crippen molar-refractivity contribution in [3.05, 3.63) is 23.9 Å². The van der Waals surface area contributed by atoms with Crippen LogP contribution in [0.5, 0.6) is 0 Å². The fraction of sp³-hybridized carbons (Fsp3) is 0.167. The third-order valence-corrected chi connectivity index (χ3v) is 1.86. The summed E-state index contributed by atoms with van der Waals surface area (Å²) in [6, 6.07) is 4.02. The van der Waals surface area contributed by atoms with Crippen molar-refractivity contribution in [2.24, 2.45) is 0 Å². The van der Waals surface area contributed by atoms with Crippen LogP contribution in [0.15, 0.2) is 18.3 Å². The first-order valence-corrected chi connectivity index (χ1v) is 3.25. The van der Waals surface area contributed by atoms with E-state index in [1.165, 1.54) is 5.56 Å². The smallest absolute Gasteiger partial charge is 1.00 e. The van der Waals surface area contributed by atoms with Gasteiger partial charge in [0.05, 0.1) is 0 Å². The summed E-state index contributed by atoms with van der Waals surface area (Å²) in [7, 11) is 0. The molecule has 1 rings (SSSR count). The van der Waals surface area contributed by atoms with Crippen LogP contribution in [0, 0.1) is 6.92 Å². The van der Waals surface area contributed by atoms with E-state index in [1.807, 2.05) is 34.0 Å². The van der Waals surface area contributed by atoms with Crippen LogP contribution in [-0.2, 0) is 0 Å². The summed E-state index contributed by atoms with van der Waals surface area (Å²) in [6.07, 6.45) is 1.81. The Labute approximate surface area is 78.1 Å². The molecule has 0 aliphatic carbocycles. The monoisotopic (exact) mass is 195 g/mol. The average molecular weight is 196 g/mol. The zero-order valence-corrected chi connectivity index (χ0v) is 8.26. The Morgan fingerprint density at radius 2 is 2.22 bits per heavy atom. The van der Waals surface area contributed by atoms with Gasteiger partial charge in [-0.25, -0.2) is 0 Å². The molecular formula is C6H6BrMgN. The third kappa shape index (κ3) is 2.64. The minimum Gasteiger partial charge on any atom is -1.00 e. The summed E-state index contributed by atoms with van der Waals surface area (Å²) in [4.78, 5) is 4.09. The molecule has 0 saturated carbocycles. The van der Waals surface area contributed by atoms with E-state index in [1.54, 1.807) is 0 Å². The van der Waals surface area contributed by atoms with Crippen LogP contribution in [0.3, 0.4) is 0 Å². The second kappa shape index (κ2) is 4.25. The van der Waals surface area contributed by atoms with Crippen LogP contribution < -0.4 is 20.8 Å². The van der Waals surface area contributed by atoms with Crippen LogP contribution in [0.25, 0.3) is 0 Å². The van der Waals surface area contributed by atoms with Crippen molar-refractivity contribution in [2.75, 3.05) is 0 Å². The number of pyridine rings is 1. The molecule has 1 nitrogen and oxygen atoms in total. The molecule has 0 aliphatic rings. The average Bonchev–Trinajstić information content (AvgIpc) is 1.77. The Morgan fingerprint density at radius 3 is 2.56 bits per heavy atom. The molecule has 0 spiro atoms. The number of hydrogen-bond donors (Lipinski definition) is 0.